The van der Waals surface area contributed by atoms with Crippen LogP contribution in [0.3, 0.4) is 0 Å². The third-order valence-corrected chi connectivity index (χ3v) is 5.28. The molecule has 1 aliphatic heterocycles. The number of carbonyl (C=O) groups is 1. The van der Waals surface area contributed by atoms with Crippen molar-refractivity contribution in [1.82, 2.24) is 9.88 Å². The number of nitrogens with zero attached hydrogens (tertiary/aromatic N) is 5. The predicted molar refractivity (Wildman–Crippen MR) is 107 cm³/mol. The van der Waals surface area contributed by atoms with E-state index in [4.69, 9.17) is 16.3 Å². The van der Waals surface area contributed by atoms with Gasteiger partial charge in [-0.3, -0.25) is 4.90 Å². The van der Waals surface area contributed by atoms with E-state index in [1.165, 1.54) is 4.90 Å². The molecule has 29 heavy (non-hydrogen) atoms. The van der Waals surface area contributed by atoms with E-state index in [0.29, 0.717) is 30.0 Å². The summed E-state index contributed by atoms with van der Waals surface area (Å²) in [7, 11) is 0. The number of aliphatic hydroxyl groups excluding tert-OH is 1. The first-order valence-electron chi connectivity index (χ1n) is 9.59. The normalized spacial score (nSPS) is 19.5. The minimum Gasteiger partial charge on any atom is -0.444 e. The lowest BCUT2D eigenvalue weighted by Crippen LogP contribution is -2.57. The Kier molecular flexibility index (Phi) is 5.88. The largest absolute Gasteiger partial charge is 0.444 e. The summed E-state index contributed by atoms with van der Waals surface area (Å²) < 4.78 is 5.44. The number of carbonyl (C=O) groups excluding carboxylic acids is 1. The molecule has 3 rings (SSSR count). The fraction of sp³-hybridized carbons (Fsp3) is 0.600. The van der Waals surface area contributed by atoms with Crippen molar-refractivity contribution in [3.63, 3.8) is 0 Å². The average molecular weight is 418 g/mol. The lowest BCUT2D eigenvalue weighted by Gasteiger charge is -2.41. The first-order valence-corrected chi connectivity index (χ1v) is 9.97. The lowest BCUT2D eigenvalue weighted by molar-refractivity contribution is 0.00699. The van der Waals surface area contributed by atoms with Crippen LogP contribution in [0.4, 0.5) is 10.6 Å². The van der Waals surface area contributed by atoms with Crippen molar-refractivity contribution in [2.75, 3.05) is 31.1 Å². The highest BCUT2D eigenvalue weighted by molar-refractivity contribution is 6.30. The smallest absolute Gasteiger partial charge is 0.410 e. The van der Waals surface area contributed by atoms with Gasteiger partial charge in [0, 0.05) is 19.6 Å². The molecule has 2 heterocycles. The van der Waals surface area contributed by atoms with Crippen molar-refractivity contribution < 1.29 is 14.6 Å². The number of ether oxygens (including phenoxy) is 1. The van der Waals surface area contributed by atoms with Gasteiger partial charge in [-0.25, -0.2) is 9.78 Å². The third kappa shape index (κ3) is 4.39. The third-order valence-electron chi connectivity index (χ3n) is 5.00. The zero-order valence-electron chi connectivity index (χ0n) is 16.8. The molecular formula is C20H24ClN5O3. The van der Waals surface area contributed by atoms with Gasteiger partial charge in [-0.1, -0.05) is 11.6 Å². The zero-order valence-corrected chi connectivity index (χ0v) is 17.5. The lowest BCUT2D eigenvalue weighted by atomic mass is 9.99. The highest BCUT2D eigenvalue weighted by Crippen LogP contribution is 2.46. The van der Waals surface area contributed by atoms with Crippen LogP contribution in [-0.4, -0.2) is 59.0 Å². The molecule has 0 radical (unpaired) electrons. The molecule has 1 amide bonds. The zero-order chi connectivity index (χ0) is 21.3. The van der Waals surface area contributed by atoms with E-state index in [0.717, 1.165) is 12.8 Å². The van der Waals surface area contributed by atoms with E-state index in [2.05, 4.69) is 17.1 Å². The Bertz CT molecular complexity index is 895. The summed E-state index contributed by atoms with van der Waals surface area (Å²) in [5, 5.41) is 29.2. The number of hydrogen-bond donors (Lipinski definition) is 1. The highest BCUT2D eigenvalue weighted by Gasteiger charge is 2.37. The predicted octanol–water partition coefficient (Wildman–Crippen LogP) is 2.77. The average Bonchev–Trinajstić information content (AvgIpc) is 3.50. The van der Waals surface area contributed by atoms with Crippen molar-refractivity contribution in [1.29, 1.82) is 10.5 Å². The van der Waals surface area contributed by atoms with Gasteiger partial charge in [0.2, 0.25) is 0 Å². The van der Waals surface area contributed by atoms with Gasteiger partial charge in [0.15, 0.2) is 0 Å². The molecule has 1 aliphatic carbocycles. The molecule has 2 aliphatic rings. The number of halogens is 1. The second-order valence-electron chi connectivity index (χ2n) is 8.34. The molecule has 9 heteroatoms. The minimum atomic E-state index is -0.635. The van der Waals surface area contributed by atoms with Crippen LogP contribution in [0, 0.1) is 22.7 Å². The van der Waals surface area contributed by atoms with Crippen LogP contribution in [0.2, 0.25) is 5.15 Å². The van der Waals surface area contributed by atoms with Gasteiger partial charge in [-0.05, 0) is 45.1 Å². The standard InChI is InChI=1S/C20H24ClN5O3/c1-20(2,3)29-19(28)26-7-6-25(10-13(26)11-27)18-15(9-23)16(12-4-5-12)14(8-22)17(21)24-18/h12-13,27H,4-7,10-11H2,1-3H3. The summed E-state index contributed by atoms with van der Waals surface area (Å²) in [6, 6.07) is 3.77. The van der Waals surface area contributed by atoms with Gasteiger partial charge in [0.05, 0.1) is 23.8 Å². The Labute approximate surface area is 175 Å². The van der Waals surface area contributed by atoms with Crippen molar-refractivity contribution in [3.8, 4) is 12.1 Å². The number of aliphatic hydroxyl groups is 1. The summed E-state index contributed by atoms with van der Waals surface area (Å²) in [4.78, 5) is 20.2. The topological polar surface area (TPSA) is 113 Å². The van der Waals surface area contributed by atoms with E-state index in [9.17, 15) is 20.4 Å². The molecule has 0 aromatic carbocycles. The van der Waals surface area contributed by atoms with Crippen LogP contribution in [0.5, 0.6) is 0 Å². The quantitative estimate of drug-likeness (QED) is 0.752. The number of pyridine rings is 1. The number of hydrogen-bond acceptors (Lipinski definition) is 7. The molecule has 1 aromatic rings. The molecule has 0 spiro atoms. The molecule has 1 saturated heterocycles. The Morgan fingerprint density at radius 1 is 1.28 bits per heavy atom. The molecule has 1 atom stereocenters. The van der Waals surface area contributed by atoms with Crippen molar-refractivity contribution in [3.05, 3.63) is 21.8 Å². The number of piperazine rings is 1. The van der Waals surface area contributed by atoms with Crippen LogP contribution >= 0.6 is 11.6 Å². The Balaban J connectivity index is 1.91. The van der Waals surface area contributed by atoms with Gasteiger partial charge in [0.25, 0.3) is 0 Å². The Morgan fingerprint density at radius 2 is 1.93 bits per heavy atom. The maximum atomic E-state index is 12.5. The number of rotatable bonds is 3. The second-order valence-corrected chi connectivity index (χ2v) is 8.70. The van der Waals surface area contributed by atoms with Crippen LogP contribution in [0.15, 0.2) is 0 Å². The molecule has 1 unspecified atom stereocenters. The van der Waals surface area contributed by atoms with Crippen LogP contribution in [-0.2, 0) is 4.74 Å². The molecule has 8 nitrogen and oxygen atoms in total. The summed E-state index contributed by atoms with van der Waals surface area (Å²) in [5.74, 6) is 0.552. The monoisotopic (exact) mass is 417 g/mol. The number of anilines is 1. The molecule has 2 fully saturated rings. The first-order chi connectivity index (χ1) is 13.7. The van der Waals surface area contributed by atoms with Gasteiger partial charge in [-0.15, -0.1) is 0 Å². The number of aromatic nitrogens is 1. The molecule has 1 aromatic heterocycles. The SMILES string of the molecule is CC(C)(C)OC(=O)N1CCN(c2nc(Cl)c(C#N)c(C3CC3)c2C#N)CC1CO. The van der Waals surface area contributed by atoms with Gasteiger partial charge >= 0.3 is 6.09 Å². The maximum Gasteiger partial charge on any atom is 0.410 e. The highest BCUT2D eigenvalue weighted by atomic mass is 35.5. The van der Waals surface area contributed by atoms with Crippen LogP contribution in [0.25, 0.3) is 0 Å². The molecule has 1 saturated carbocycles. The summed E-state index contributed by atoms with van der Waals surface area (Å²) in [6.45, 7) is 6.11. The fourth-order valence-corrected chi connectivity index (χ4v) is 3.78. The minimum absolute atomic E-state index is 0.0820. The number of nitriles is 2. The Hall–Kier alpha value is -2.55. The van der Waals surface area contributed by atoms with E-state index in [-0.39, 0.29) is 29.8 Å². The van der Waals surface area contributed by atoms with E-state index in [1.54, 1.807) is 20.8 Å². The van der Waals surface area contributed by atoms with E-state index in [1.807, 2.05) is 4.90 Å². The van der Waals surface area contributed by atoms with Crippen molar-refractivity contribution >= 4 is 23.5 Å². The first kappa shape index (κ1) is 21.2. The van der Waals surface area contributed by atoms with Crippen molar-refractivity contribution in [2.45, 2.75) is 51.2 Å². The van der Waals surface area contributed by atoms with Gasteiger partial charge in [-0.2, -0.15) is 10.5 Å². The maximum absolute atomic E-state index is 12.5. The summed E-state index contributed by atoms with van der Waals surface area (Å²) in [5.41, 5.74) is 0.653. The molecule has 154 valence electrons. The summed E-state index contributed by atoms with van der Waals surface area (Å²) in [6.07, 6.45) is 1.34. The molecular weight excluding hydrogens is 394 g/mol. The number of amides is 1. The molecule has 1 N–H and O–H groups in total. The fourth-order valence-electron chi connectivity index (χ4n) is 3.55. The van der Waals surface area contributed by atoms with Crippen molar-refractivity contribution in [2.24, 2.45) is 0 Å². The van der Waals surface area contributed by atoms with Gasteiger partial charge in [0.1, 0.15) is 28.7 Å². The molecule has 0 bridgehead atoms. The van der Waals surface area contributed by atoms with Crippen LogP contribution < -0.4 is 4.90 Å². The van der Waals surface area contributed by atoms with E-state index < -0.39 is 17.7 Å². The van der Waals surface area contributed by atoms with Crippen LogP contribution in [0.1, 0.15) is 56.2 Å². The summed E-state index contributed by atoms with van der Waals surface area (Å²) >= 11 is 6.27. The second kappa shape index (κ2) is 8.06. The van der Waals surface area contributed by atoms with Gasteiger partial charge < -0.3 is 14.7 Å². The Morgan fingerprint density at radius 3 is 2.45 bits per heavy atom. The van der Waals surface area contributed by atoms with E-state index >= 15 is 0 Å².